The lowest BCUT2D eigenvalue weighted by molar-refractivity contribution is -0.124. The Morgan fingerprint density at radius 3 is 2.47 bits per heavy atom. The standard InChI is InChI=1S/C14H22O/c1-4-5-6-7-13(15)12-8-10-14(2,3)11-9-12/h12H,6-11H2,1-3H3. The molecule has 0 aromatic rings. The van der Waals surface area contributed by atoms with Crippen LogP contribution in [-0.4, -0.2) is 5.78 Å². The zero-order chi connectivity index (χ0) is 11.3. The largest absolute Gasteiger partial charge is 0.299 e. The highest BCUT2D eigenvalue weighted by Gasteiger charge is 2.29. The minimum Gasteiger partial charge on any atom is -0.299 e. The molecule has 0 N–H and O–H groups in total. The minimum absolute atomic E-state index is 0.330. The predicted octanol–water partition coefficient (Wildman–Crippen LogP) is 3.58. The molecule has 84 valence electrons. The van der Waals surface area contributed by atoms with Crippen LogP contribution in [0.1, 0.15) is 59.3 Å². The van der Waals surface area contributed by atoms with Crippen molar-refractivity contribution in [3.63, 3.8) is 0 Å². The van der Waals surface area contributed by atoms with Crippen LogP contribution in [0.15, 0.2) is 0 Å². The van der Waals surface area contributed by atoms with E-state index >= 15 is 0 Å². The van der Waals surface area contributed by atoms with Gasteiger partial charge in [-0.3, -0.25) is 4.79 Å². The number of hydrogen-bond acceptors (Lipinski definition) is 1. The van der Waals surface area contributed by atoms with Gasteiger partial charge in [0.05, 0.1) is 0 Å². The van der Waals surface area contributed by atoms with E-state index < -0.39 is 0 Å². The molecule has 1 saturated carbocycles. The van der Waals surface area contributed by atoms with Crippen molar-refractivity contribution in [2.45, 2.75) is 59.3 Å². The average molecular weight is 206 g/mol. The molecule has 0 saturated heterocycles. The molecular weight excluding hydrogens is 184 g/mol. The van der Waals surface area contributed by atoms with Gasteiger partial charge in [0.25, 0.3) is 0 Å². The van der Waals surface area contributed by atoms with Gasteiger partial charge in [-0.25, -0.2) is 0 Å². The van der Waals surface area contributed by atoms with Crippen LogP contribution in [0, 0.1) is 23.2 Å². The molecular formula is C14H22O. The maximum Gasteiger partial charge on any atom is 0.136 e. The van der Waals surface area contributed by atoms with Crippen LogP contribution in [0.25, 0.3) is 0 Å². The number of carbonyl (C=O) groups is 1. The van der Waals surface area contributed by atoms with Gasteiger partial charge in [-0.15, -0.1) is 11.8 Å². The smallest absolute Gasteiger partial charge is 0.136 e. The molecule has 0 bridgehead atoms. The molecule has 0 atom stereocenters. The minimum atomic E-state index is 0.330. The van der Waals surface area contributed by atoms with Crippen molar-refractivity contribution in [2.75, 3.05) is 0 Å². The molecule has 0 unspecified atom stereocenters. The second kappa shape index (κ2) is 5.35. The molecule has 0 amide bonds. The number of rotatable bonds is 3. The fourth-order valence-electron chi connectivity index (χ4n) is 2.24. The molecule has 1 fully saturated rings. The molecule has 1 heteroatoms. The lowest BCUT2D eigenvalue weighted by Gasteiger charge is -2.33. The lowest BCUT2D eigenvalue weighted by atomic mass is 9.71. The molecule has 0 aromatic carbocycles. The quantitative estimate of drug-likeness (QED) is 0.645. The van der Waals surface area contributed by atoms with Gasteiger partial charge in [0.2, 0.25) is 0 Å². The van der Waals surface area contributed by atoms with Gasteiger partial charge in [0.15, 0.2) is 0 Å². The maximum atomic E-state index is 11.8. The maximum absolute atomic E-state index is 11.8. The summed E-state index contributed by atoms with van der Waals surface area (Å²) in [4.78, 5) is 11.8. The molecule has 0 radical (unpaired) electrons. The van der Waals surface area contributed by atoms with E-state index in [2.05, 4.69) is 25.7 Å². The summed E-state index contributed by atoms with van der Waals surface area (Å²) in [5.41, 5.74) is 0.458. The van der Waals surface area contributed by atoms with E-state index in [-0.39, 0.29) is 0 Å². The first-order chi connectivity index (χ1) is 7.05. The second-order valence-corrected chi connectivity index (χ2v) is 5.33. The molecule has 1 aliphatic carbocycles. The van der Waals surface area contributed by atoms with Crippen LogP contribution in [0.2, 0.25) is 0 Å². The highest BCUT2D eigenvalue weighted by molar-refractivity contribution is 5.81. The van der Waals surface area contributed by atoms with Crippen molar-refractivity contribution < 1.29 is 4.79 Å². The Bertz CT molecular complexity index is 267. The first-order valence-corrected chi connectivity index (χ1v) is 5.97. The normalized spacial score (nSPS) is 20.5. The van der Waals surface area contributed by atoms with Crippen molar-refractivity contribution >= 4 is 5.78 Å². The van der Waals surface area contributed by atoms with E-state index in [0.717, 1.165) is 19.3 Å². The summed E-state index contributed by atoms with van der Waals surface area (Å²) < 4.78 is 0. The van der Waals surface area contributed by atoms with Crippen molar-refractivity contribution in [2.24, 2.45) is 11.3 Å². The number of carbonyl (C=O) groups excluding carboxylic acids is 1. The molecule has 0 aliphatic heterocycles. The fraction of sp³-hybridized carbons (Fsp3) is 0.786. The van der Waals surface area contributed by atoms with Gasteiger partial charge >= 0.3 is 0 Å². The molecule has 0 aromatic heterocycles. The third-order valence-corrected chi connectivity index (χ3v) is 3.47. The Balaban J connectivity index is 2.32. The second-order valence-electron chi connectivity index (χ2n) is 5.33. The number of Topliss-reactive ketones (excluding diaryl/α,β-unsaturated/α-hetero) is 1. The van der Waals surface area contributed by atoms with E-state index in [1.165, 1.54) is 12.8 Å². The van der Waals surface area contributed by atoms with Crippen molar-refractivity contribution in [3.8, 4) is 11.8 Å². The van der Waals surface area contributed by atoms with Crippen LogP contribution in [-0.2, 0) is 4.79 Å². The van der Waals surface area contributed by atoms with Crippen LogP contribution in [0.4, 0.5) is 0 Å². The molecule has 0 spiro atoms. The number of hydrogen-bond donors (Lipinski definition) is 0. The highest BCUT2D eigenvalue weighted by atomic mass is 16.1. The van der Waals surface area contributed by atoms with Gasteiger partial charge in [0, 0.05) is 18.8 Å². The van der Waals surface area contributed by atoms with Gasteiger partial charge in [0.1, 0.15) is 5.78 Å². The van der Waals surface area contributed by atoms with Gasteiger partial charge in [-0.2, -0.15) is 0 Å². The third-order valence-electron chi connectivity index (χ3n) is 3.47. The van der Waals surface area contributed by atoms with Gasteiger partial charge < -0.3 is 0 Å². The zero-order valence-electron chi connectivity index (χ0n) is 10.2. The van der Waals surface area contributed by atoms with Crippen molar-refractivity contribution in [1.82, 2.24) is 0 Å². The van der Waals surface area contributed by atoms with Crippen LogP contribution in [0.3, 0.4) is 0 Å². The van der Waals surface area contributed by atoms with Crippen LogP contribution < -0.4 is 0 Å². The lowest BCUT2D eigenvalue weighted by Crippen LogP contribution is -2.26. The first kappa shape index (κ1) is 12.3. The Morgan fingerprint density at radius 2 is 1.93 bits per heavy atom. The summed E-state index contributed by atoms with van der Waals surface area (Å²) in [6.07, 6.45) is 5.98. The summed E-state index contributed by atoms with van der Waals surface area (Å²) in [5.74, 6) is 6.57. The summed E-state index contributed by atoms with van der Waals surface area (Å²) in [5, 5.41) is 0. The fourth-order valence-corrected chi connectivity index (χ4v) is 2.24. The Hall–Kier alpha value is -0.770. The molecule has 0 heterocycles. The summed E-state index contributed by atoms with van der Waals surface area (Å²) in [6, 6.07) is 0. The van der Waals surface area contributed by atoms with E-state index in [4.69, 9.17) is 0 Å². The summed E-state index contributed by atoms with van der Waals surface area (Å²) in [6.45, 7) is 6.43. The molecule has 15 heavy (non-hydrogen) atoms. The van der Waals surface area contributed by atoms with Crippen molar-refractivity contribution in [3.05, 3.63) is 0 Å². The highest BCUT2D eigenvalue weighted by Crippen LogP contribution is 2.38. The topological polar surface area (TPSA) is 17.1 Å². The monoisotopic (exact) mass is 206 g/mol. The third kappa shape index (κ3) is 4.08. The van der Waals surface area contributed by atoms with Gasteiger partial charge in [-0.05, 0) is 38.0 Å². The van der Waals surface area contributed by atoms with Gasteiger partial charge in [-0.1, -0.05) is 13.8 Å². The molecule has 1 rings (SSSR count). The zero-order valence-corrected chi connectivity index (χ0v) is 10.2. The first-order valence-electron chi connectivity index (χ1n) is 5.97. The molecule has 1 nitrogen and oxygen atoms in total. The Labute approximate surface area is 93.6 Å². The molecule has 1 aliphatic rings. The van der Waals surface area contributed by atoms with Crippen molar-refractivity contribution in [1.29, 1.82) is 0 Å². The van der Waals surface area contributed by atoms with E-state index in [9.17, 15) is 4.79 Å². The Kier molecular flexibility index (Phi) is 4.39. The number of ketones is 1. The van der Waals surface area contributed by atoms with E-state index in [0.29, 0.717) is 23.5 Å². The predicted molar refractivity (Wildman–Crippen MR) is 63.4 cm³/mol. The summed E-state index contributed by atoms with van der Waals surface area (Å²) >= 11 is 0. The SMILES string of the molecule is CC#CCCC(=O)C1CCC(C)(C)CC1. The van der Waals surface area contributed by atoms with E-state index in [1.54, 1.807) is 0 Å². The van der Waals surface area contributed by atoms with Crippen LogP contribution in [0.5, 0.6) is 0 Å². The van der Waals surface area contributed by atoms with Crippen LogP contribution >= 0.6 is 0 Å². The summed E-state index contributed by atoms with van der Waals surface area (Å²) in [7, 11) is 0. The average Bonchev–Trinajstić information content (AvgIpc) is 2.18. The van der Waals surface area contributed by atoms with E-state index in [1.807, 2.05) is 6.92 Å². The Morgan fingerprint density at radius 1 is 1.33 bits per heavy atom.